The summed E-state index contributed by atoms with van der Waals surface area (Å²) in [7, 11) is 0. The van der Waals surface area contributed by atoms with Gasteiger partial charge in [-0.1, -0.05) is 13.8 Å². The standard InChI is InChI=1S/C7H14N3/c1-4-10(5-2)6(3)7-8-9-7/h6H,4-5H2,1-3H3. The van der Waals surface area contributed by atoms with Gasteiger partial charge in [-0.15, -0.1) is 0 Å². The topological polar surface area (TPSA) is 28.0 Å². The van der Waals surface area contributed by atoms with E-state index in [0.29, 0.717) is 6.04 Å². The van der Waals surface area contributed by atoms with Crippen molar-refractivity contribution in [1.29, 1.82) is 0 Å². The number of likely N-dealkylation sites (N-methyl/N-ethyl adjacent to an activating group) is 1. The Balaban J connectivity index is 2.28. The molecule has 0 aromatic carbocycles. The second-order valence-corrected chi connectivity index (χ2v) is 2.46. The molecule has 1 heterocycles. The van der Waals surface area contributed by atoms with Crippen LogP contribution < -0.4 is 0 Å². The molecule has 0 amide bonds. The van der Waals surface area contributed by atoms with Crippen LogP contribution in [0.1, 0.15) is 20.8 Å². The zero-order valence-electron chi connectivity index (χ0n) is 6.83. The fraction of sp³-hybridized carbons (Fsp3) is 0.857. The molecule has 0 saturated heterocycles. The van der Waals surface area contributed by atoms with E-state index in [1.807, 2.05) is 0 Å². The maximum Gasteiger partial charge on any atom is 0.255 e. The summed E-state index contributed by atoms with van der Waals surface area (Å²) in [5.74, 6) is 0. The van der Waals surface area contributed by atoms with Crippen molar-refractivity contribution in [3.05, 3.63) is 6.17 Å². The van der Waals surface area contributed by atoms with Crippen molar-refractivity contribution in [2.45, 2.75) is 26.8 Å². The van der Waals surface area contributed by atoms with E-state index in [9.17, 15) is 0 Å². The molecule has 10 heavy (non-hydrogen) atoms. The van der Waals surface area contributed by atoms with Crippen molar-refractivity contribution in [1.82, 2.24) is 4.90 Å². The Morgan fingerprint density at radius 3 is 2.10 bits per heavy atom. The van der Waals surface area contributed by atoms with Gasteiger partial charge in [-0.25, -0.2) is 0 Å². The average molecular weight is 140 g/mol. The Morgan fingerprint density at radius 2 is 1.80 bits per heavy atom. The van der Waals surface area contributed by atoms with E-state index >= 15 is 0 Å². The smallest absolute Gasteiger partial charge is 0.255 e. The van der Waals surface area contributed by atoms with Crippen molar-refractivity contribution in [3.8, 4) is 0 Å². The lowest BCUT2D eigenvalue weighted by Gasteiger charge is -2.22. The minimum atomic E-state index is 0.426. The van der Waals surface area contributed by atoms with E-state index in [1.54, 1.807) is 0 Å². The molecule has 1 rings (SSSR count). The van der Waals surface area contributed by atoms with Crippen molar-refractivity contribution in [2.75, 3.05) is 13.1 Å². The number of nitrogens with zero attached hydrogens (tertiary/aromatic N) is 3. The molecule has 3 heteroatoms. The van der Waals surface area contributed by atoms with Crippen LogP contribution in [0.3, 0.4) is 0 Å². The molecule has 0 aromatic rings. The molecule has 1 unspecified atom stereocenters. The van der Waals surface area contributed by atoms with Crippen LogP contribution in [-0.2, 0) is 0 Å². The van der Waals surface area contributed by atoms with Crippen LogP contribution in [0.15, 0.2) is 10.2 Å². The van der Waals surface area contributed by atoms with Gasteiger partial charge in [-0.05, 0) is 20.0 Å². The van der Waals surface area contributed by atoms with Crippen LogP contribution >= 0.6 is 0 Å². The molecule has 0 spiro atoms. The second-order valence-electron chi connectivity index (χ2n) is 2.46. The molecule has 0 aromatic heterocycles. The van der Waals surface area contributed by atoms with Gasteiger partial charge in [0, 0.05) is 0 Å². The number of hydrogen-bond acceptors (Lipinski definition) is 3. The highest BCUT2D eigenvalue weighted by Gasteiger charge is 2.29. The third kappa shape index (κ3) is 1.53. The van der Waals surface area contributed by atoms with Crippen molar-refractivity contribution in [3.63, 3.8) is 0 Å². The Bertz CT molecular complexity index is 123. The molecule has 0 N–H and O–H groups in total. The quantitative estimate of drug-likeness (QED) is 0.583. The summed E-state index contributed by atoms with van der Waals surface area (Å²) in [5, 5.41) is 7.64. The SMILES string of the molecule is CCN(CC)C(C)[C]1N=N1. The van der Waals surface area contributed by atoms with Crippen LogP contribution in [0.4, 0.5) is 0 Å². The Labute approximate surface area is 62.1 Å². The van der Waals surface area contributed by atoms with Crippen molar-refractivity contribution in [2.24, 2.45) is 10.2 Å². The number of rotatable bonds is 4. The van der Waals surface area contributed by atoms with Crippen LogP contribution in [-0.4, -0.2) is 24.0 Å². The van der Waals surface area contributed by atoms with Gasteiger partial charge in [-0.2, -0.15) is 10.2 Å². The Morgan fingerprint density at radius 1 is 1.30 bits per heavy atom. The monoisotopic (exact) mass is 140 g/mol. The maximum absolute atomic E-state index is 3.82. The minimum Gasteiger partial charge on any atom is -0.297 e. The summed E-state index contributed by atoms with van der Waals surface area (Å²) >= 11 is 0. The summed E-state index contributed by atoms with van der Waals surface area (Å²) in [5.41, 5.74) is 0. The van der Waals surface area contributed by atoms with E-state index in [0.717, 1.165) is 19.3 Å². The van der Waals surface area contributed by atoms with Gasteiger partial charge >= 0.3 is 0 Å². The fourth-order valence-electron chi connectivity index (χ4n) is 1.13. The highest BCUT2D eigenvalue weighted by Crippen LogP contribution is 2.27. The molecule has 1 atom stereocenters. The first kappa shape index (κ1) is 7.66. The summed E-state index contributed by atoms with van der Waals surface area (Å²) < 4.78 is 0. The molecule has 1 aliphatic heterocycles. The third-order valence-electron chi connectivity index (χ3n) is 1.95. The van der Waals surface area contributed by atoms with E-state index < -0.39 is 0 Å². The summed E-state index contributed by atoms with van der Waals surface area (Å²) in [6.07, 6.45) is 1.00. The lowest BCUT2D eigenvalue weighted by molar-refractivity contribution is 0.248. The fourth-order valence-corrected chi connectivity index (χ4v) is 1.13. The minimum absolute atomic E-state index is 0.426. The first-order valence-corrected chi connectivity index (χ1v) is 3.82. The Kier molecular flexibility index (Phi) is 2.38. The highest BCUT2D eigenvalue weighted by atomic mass is 15.4. The summed E-state index contributed by atoms with van der Waals surface area (Å²) in [6.45, 7) is 8.60. The third-order valence-corrected chi connectivity index (χ3v) is 1.95. The van der Waals surface area contributed by atoms with Crippen LogP contribution in [0.2, 0.25) is 0 Å². The lowest BCUT2D eigenvalue weighted by Crippen LogP contribution is -2.33. The van der Waals surface area contributed by atoms with Gasteiger partial charge in [0.25, 0.3) is 6.17 Å². The predicted molar refractivity (Wildman–Crippen MR) is 40.5 cm³/mol. The molecule has 1 radical (unpaired) electrons. The summed E-state index contributed by atoms with van der Waals surface area (Å²) in [4.78, 5) is 2.33. The van der Waals surface area contributed by atoms with Gasteiger partial charge in [0.15, 0.2) is 0 Å². The van der Waals surface area contributed by atoms with Crippen molar-refractivity contribution >= 4 is 0 Å². The van der Waals surface area contributed by atoms with Gasteiger partial charge < -0.3 is 0 Å². The molecule has 3 nitrogen and oxygen atoms in total. The molecular formula is C7H14N3. The molecule has 57 valence electrons. The highest BCUT2D eigenvalue weighted by molar-refractivity contribution is 5.02. The molecular weight excluding hydrogens is 126 g/mol. The first-order chi connectivity index (χ1) is 4.79. The molecule has 0 bridgehead atoms. The first-order valence-electron chi connectivity index (χ1n) is 3.82. The zero-order chi connectivity index (χ0) is 7.56. The van der Waals surface area contributed by atoms with E-state index in [4.69, 9.17) is 0 Å². The summed E-state index contributed by atoms with van der Waals surface area (Å²) in [6, 6.07) is 0.426. The van der Waals surface area contributed by atoms with Gasteiger partial charge in [0.05, 0.1) is 6.04 Å². The second kappa shape index (κ2) is 3.10. The van der Waals surface area contributed by atoms with E-state index in [2.05, 4.69) is 35.9 Å². The molecule has 1 aliphatic rings. The maximum atomic E-state index is 3.82. The lowest BCUT2D eigenvalue weighted by atomic mass is 10.2. The molecule has 0 fully saturated rings. The normalized spacial score (nSPS) is 20.0. The van der Waals surface area contributed by atoms with Crippen LogP contribution in [0.25, 0.3) is 0 Å². The van der Waals surface area contributed by atoms with Crippen LogP contribution in [0, 0.1) is 6.17 Å². The zero-order valence-corrected chi connectivity index (χ0v) is 6.83. The number of hydrogen-bond donors (Lipinski definition) is 0. The average Bonchev–Trinajstić information content (AvgIpc) is 2.71. The largest absolute Gasteiger partial charge is 0.297 e. The predicted octanol–water partition coefficient (Wildman–Crippen LogP) is 1.67. The van der Waals surface area contributed by atoms with Gasteiger partial charge in [-0.3, -0.25) is 4.90 Å². The molecule has 0 aliphatic carbocycles. The van der Waals surface area contributed by atoms with E-state index in [-0.39, 0.29) is 0 Å². The van der Waals surface area contributed by atoms with Crippen molar-refractivity contribution < 1.29 is 0 Å². The Hall–Kier alpha value is -0.440. The van der Waals surface area contributed by atoms with E-state index in [1.165, 1.54) is 0 Å². The molecule has 0 saturated carbocycles. The van der Waals surface area contributed by atoms with Gasteiger partial charge in [0.2, 0.25) is 0 Å². The van der Waals surface area contributed by atoms with Crippen LogP contribution in [0.5, 0.6) is 0 Å². The van der Waals surface area contributed by atoms with Gasteiger partial charge in [0.1, 0.15) is 0 Å².